The lowest BCUT2D eigenvalue weighted by Gasteiger charge is -2.31. The van der Waals surface area contributed by atoms with Crippen molar-refractivity contribution >= 4 is 15.6 Å². The fourth-order valence-corrected chi connectivity index (χ4v) is 2.90. The molecule has 0 radical (unpaired) electrons. The standard InChI is InChI=1S/C9H19N.C7H14N2O.C2H7P/c1-3-9-5-7-10(4-2)8-6-9;1-2-8-3-5-9(7-10)6-4-8;1-2-3/h9H,3-8H2,1-2H3;7H,2-6H2,1H3;2-3H2,1H3. The first-order valence-electron chi connectivity index (χ1n) is 9.49. The number of carbonyl (C=O) groups is 1. The van der Waals surface area contributed by atoms with Crippen molar-refractivity contribution in [2.24, 2.45) is 5.92 Å². The fraction of sp³-hybridized carbons (Fsp3) is 0.944. The maximum Gasteiger partial charge on any atom is 0.209 e. The summed E-state index contributed by atoms with van der Waals surface area (Å²) in [6.45, 7) is 17.7. The first-order valence-corrected chi connectivity index (χ1v) is 10.3. The lowest BCUT2D eigenvalue weighted by Crippen LogP contribution is -2.45. The molecule has 1 unspecified atom stereocenters. The van der Waals surface area contributed by atoms with E-state index < -0.39 is 0 Å². The van der Waals surface area contributed by atoms with Crippen molar-refractivity contribution in [3.63, 3.8) is 0 Å². The number of amides is 1. The van der Waals surface area contributed by atoms with E-state index in [0.717, 1.165) is 45.1 Å². The fourth-order valence-electron chi connectivity index (χ4n) is 2.90. The van der Waals surface area contributed by atoms with Gasteiger partial charge in [-0.15, -0.1) is 9.24 Å². The van der Waals surface area contributed by atoms with Crippen molar-refractivity contribution in [3.05, 3.63) is 0 Å². The van der Waals surface area contributed by atoms with Gasteiger partial charge >= 0.3 is 0 Å². The first kappa shape index (κ1) is 22.8. The van der Waals surface area contributed by atoms with E-state index in [4.69, 9.17) is 0 Å². The van der Waals surface area contributed by atoms with Gasteiger partial charge in [0.25, 0.3) is 0 Å². The summed E-state index contributed by atoms with van der Waals surface area (Å²) in [6, 6.07) is 0. The van der Waals surface area contributed by atoms with Gasteiger partial charge < -0.3 is 14.7 Å². The van der Waals surface area contributed by atoms with Crippen LogP contribution >= 0.6 is 9.24 Å². The summed E-state index contributed by atoms with van der Waals surface area (Å²) in [5, 5.41) is 0. The number of piperazine rings is 1. The van der Waals surface area contributed by atoms with Gasteiger partial charge in [-0.25, -0.2) is 0 Å². The number of nitrogens with zero attached hydrogens (tertiary/aromatic N) is 3. The van der Waals surface area contributed by atoms with Gasteiger partial charge in [-0.1, -0.05) is 34.1 Å². The third-order valence-corrected chi connectivity index (χ3v) is 4.73. The normalized spacial score (nSPS) is 20.1. The van der Waals surface area contributed by atoms with Crippen LogP contribution in [0.25, 0.3) is 0 Å². The van der Waals surface area contributed by atoms with Crippen LogP contribution in [-0.2, 0) is 4.79 Å². The summed E-state index contributed by atoms with van der Waals surface area (Å²) in [6.07, 6.45) is 6.36. The summed E-state index contributed by atoms with van der Waals surface area (Å²) in [5.74, 6) is 1.03. The number of piperidine rings is 1. The van der Waals surface area contributed by atoms with E-state index in [1.54, 1.807) is 0 Å². The summed E-state index contributed by atoms with van der Waals surface area (Å²) in [4.78, 5) is 17.0. The first-order chi connectivity index (χ1) is 11.1. The molecule has 0 aromatic carbocycles. The van der Waals surface area contributed by atoms with Crippen molar-refractivity contribution in [1.29, 1.82) is 0 Å². The molecule has 138 valence electrons. The molecule has 2 aliphatic rings. The Morgan fingerprint density at radius 2 is 1.30 bits per heavy atom. The lowest BCUT2D eigenvalue weighted by molar-refractivity contribution is -0.119. The molecular weight excluding hydrogens is 305 g/mol. The van der Waals surface area contributed by atoms with Crippen LogP contribution in [0.2, 0.25) is 0 Å². The van der Waals surface area contributed by atoms with E-state index in [1.165, 1.54) is 45.1 Å². The van der Waals surface area contributed by atoms with Crippen molar-refractivity contribution in [2.45, 2.75) is 47.0 Å². The molecule has 2 rings (SSSR count). The molecule has 0 N–H and O–H groups in total. The second kappa shape index (κ2) is 15.4. The molecule has 5 heteroatoms. The molecule has 2 heterocycles. The van der Waals surface area contributed by atoms with E-state index >= 15 is 0 Å². The van der Waals surface area contributed by atoms with E-state index in [9.17, 15) is 4.79 Å². The second-order valence-corrected chi connectivity index (χ2v) is 7.09. The Kier molecular flexibility index (Phi) is 15.2. The predicted molar refractivity (Wildman–Crippen MR) is 105 cm³/mol. The van der Waals surface area contributed by atoms with Gasteiger partial charge in [0.15, 0.2) is 0 Å². The van der Waals surface area contributed by atoms with Crippen LogP contribution in [0.5, 0.6) is 0 Å². The van der Waals surface area contributed by atoms with Crippen LogP contribution in [0.1, 0.15) is 47.0 Å². The van der Waals surface area contributed by atoms with Gasteiger partial charge in [-0.2, -0.15) is 0 Å². The molecule has 0 aromatic rings. The van der Waals surface area contributed by atoms with Crippen LogP contribution in [0.4, 0.5) is 0 Å². The van der Waals surface area contributed by atoms with Crippen LogP contribution in [0, 0.1) is 5.92 Å². The third-order valence-electron chi connectivity index (χ3n) is 4.73. The molecule has 0 aromatic heterocycles. The van der Waals surface area contributed by atoms with Crippen LogP contribution < -0.4 is 0 Å². The molecule has 0 bridgehead atoms. The number of carbonyl (C=O) groups excluding carboxylic acids is 1. The van der Waals surface area contributed by atoms with Gasteiger partial charge in [0.05, 0.1) is 0 Å². The average molecular weight is 346 g/mol. The van der Waals surface area contributed by atoms with Crippen LogP contribution in [-0.4, -0.2) is 79.6 Å². The molecule has 1 amide bonds. The zero-order chi connectivity index (χ0) is 17.5. The smallest absolute Gasteiger partial charge is 0.209 e. The topological polar surface area (TPSA) is 26.8 Å². The van der Waals surface area contributed by atoms with Gasteiger partial charge in [0, 0.05) is 26.2 Å². The van der Waals surface area contributed by atoms with E-state index in [-0.39, 0.29) is 0 Å². The van der Waals surface area contributed by atoms with Crippen molar-refractivity contribution in [2.75, 3.05) is 58.5 Å². The molecule has 1 atom stereocenters. The summed E-state index contributed by atoms with van der Waals surface area (Å²) in [7, 11) is 2.58. The minimum atomic E-state index is 0.900. The Morgan fingerprint density at radius 1 is 0.870 bits per heavy atom. The van der Waals surface area contributed by atoms with Crippen LogP contribution in [0.3, 0.4) is 0 Å². The lowest BCUT2D eigenvalue weighted by atomic mass is 9.95. The second-order valence-electron chi connectivity index (χ2n) is 6.27. The monoisotopic (exact) mass is 345 g/mol. The van der Waals surface area contributed by atoms with Gasteiger partial charge in [0.2, 0.25) is 6.41 Å². The molecule has 0 saturated carbocycles. The largest absolute Gasteiger partial charge is 0.343 e. The number of rotatable bonds is 4. The van der Waals surface area contributed by atoms with Gasteiger partial charge in [-0.05, 0) is 51.1 Å². The van der Waals surface area contributed by atoms with Crippen molar-refractivity contribution in [1.82, 2.24) is 14.7 Å². The number of likely N-dealkylation sites (N-methyl/N-ethyl adjacent to an activating group) is 1. The summed E-state index contributed by atoms with van der Waals surface area (Å²) < 4.78 is 0. The van der Waals surface area contributed by atoms with E-state index in [1.807, 2.05) is 4.90 Å². The SMILES string of the molecule is CCC1CCN(CC)CC1.CCN1CCN(C=O)CC1.CCP. The minimum Gasteiger partial charge on any atom is -0.343 e. The minimum absolute atomic E-state index is 0.900. The van der Waals surface area contributed by atoms with E-state index in [0.29, 0.717) is 0 Å². The van der Waals surface area contributed by atoms with Crippen molar-refractivity contribution in [3.8, 4) is 0 Å². The molecule has 2 fully saturated rings. The zero-order valence-corrected chi connectivity index (χ0v) is 17.1. The van der Waals surface area contributed by atoms with E-state index in [2.05, 4.69) is 46.7 Å². The van der Waals surface area contributed by atoms with Gasteiger partial charge in [0.1, 0.15) is 0 Å². The number of hydrogen-bond donors (Lipinski definition) is 0. The Bertz CT molecular complexity index is 251. The maximum atomic E-state index is 10.3. The highest BCUT2D eigenvalue weighted by Gasteiger charge is 2.15. The quantitative estimate of drug-likeness (QED) is 0.579. The molecule has 2 aliphatic heterocycles. The van der Waals surface area contributed by atoms with Crippen molar-refractivity contribution < 1.29 is 4.79 Å². The average Bonchev–Trinajstić information content (AvgIpc) is 2.63. The highest BCUT2D eigenvalue weighted by atomic mass is 31.0. The molecule has 0 spiro atoms. The molecule has 2 saturated heterocycles. The Balaban J connectivity index is 0.000000360. The summed E-state index contributed by atoms with van der Waals surface area (Å²) >= 11 is 0. The van der Waals surface area contributed by atoms with Crippen LogP contribution in [0.15, 0.2) is 0 Å². The number of likely N-dealkylation sites (tertiary alicyclic amines) is 1. The summed E-state index contributed by atoms with van der Waals surface area (Å²) in [5.41, 5.74) is 0. The predicted octanol–water partition coefficient (Wildman–Crippen LogP) is 2.79. The highest BCUT2D eigenvalue weighted by molar-refractivity contribution is 7.16. The Morgan fingerprint density at radius 3 is 1.65 bits per heavy atom. The molecule has 0 aliphatic carbocycles. The Labute approximate surface area is 147 Å². The zero-order valence-electron chi connectivity index (χ0n) is 16.0. The molecule has 4 nitrogen and oxygen atoms in total. The highest BCUT2D eigenvalue weighted by Crippen LogP contribution is 2.19. The molecule has 23 heavy (non-hydrogen) atoms. The third kappa shape index (κ3) is 11.1. The number of hydrogen-bond acceptors (Lipinski definition) is 3. The van der Waals surface area contributed by atoms with Gasteiger partial charge in [-0.3, -0.25) is 4.79 Å². The Hall–Kier alpha value is -0.180. The molecular formula is C18H40N3OP. The maximum absolute atomic E-state index is 10.3.